The van der Waals surface area contributed by atoms with E-state index in [9.17, 15) is 18.0 Å². The molecular weight excluding hydrogens is 670 g/mol. The molecule has 0 aromatic heterocycles. The van der Waals surface area contributed by atoms with Gasteiger partial charge in [-0.3, -0.25) is 13.9 Å². The van der Waals surface area contributed by atoms with Crippen LogP contribution in [0.1, 0.15) is 25.0 Å². The lowest BCUT2D eigenvalue weighted by Gasteiger charge is -2.34. The van der Waals surface area contributed by atoms with Crippen molar-refractivity contribution in [3.63, 3.8) is 0 Å². The minimum absolute atomic E-state index is 0.0225. The fourth-order valence-corrected chi connectivity index (χ4v) is 7.01. The summed E-state index contributed by atoms with van der Waals surface area (Å²) in [5, 5.41) is 3.47. The Morgan fingerprint density at radius 2 is 1.32 bits per heavy atom. The number of hydrogen-bond acceptors (Lipinski definition) is 5. The van der Waals surface area contributed by atoms with E-state index in [4.69, 9.17) is 16.3 Å². The van der Waals surface area contributed by atoms with Crippen molar-refractivity contribution in [3.8, 4) is 11.5 Å². The van der Waals surface area contributed by atoms with Gasteiger partial charge in [-0.2, -0.15) is 0 Å². The molecule has 0 fully saturated rings. The van der Waals surface area contributed by atoms with Crippen molar-refractivity contribution < 1.29 is 22.7 Å². The average Bonchev–Trinajstić information content (AvgIpc) is 3.12. The first-order valence-corrected chi connectivity index (χ1v) is 18.2. The molecule has 0 saturated carbocycles. The van der Waals surface area contributed by atoms with Gasteiger partial charge in [0.05, 0.1) is 10.6 Å². The molecule has 1 atom stereocenters. The van der Waals surface area contributed by atoms with Gasteiger partial charge in [0.15, 0.2) is 0 Å². The van der Waals surface area contributed by atoms with Crippen LogP contribution in [-0.4, -0.2) is 44.3 Å². The number of amides is 2. The molecule has 50 heavy (non-hydrogen) atoms. The van der Waals surface area contributed by atoms with Gasteiger partial charge in [0.1, 0.15) is 24.1 Å². The van der Waals surface area contributed by atoms with E-state index < -0.39 is 28.5 Å². The SMILES string of the molecule is CC(C)CNC(=O)[C@@H](Cc1ccccc1)N(Cc1cccc(Cl)c1)C(=O)CN(c1ccc(Oc2ccccc2)cc1)S(=O)(=O)c1ccccc1. The van der Waals surface area contributed by atoms with Crippen LogP contribution in [0.25, 0.3) is 0 Å². The Labute approximate surface area is 299 Å². The van der Waals surface area contributed by atoms with Crippen molar-refractivity contribution in [2.75, 3.05) is 17.4 Å². The molecule has 2 amide bonds. The summed E-state index contributed by atoms with van der Waals surface area (Å²) in [7, 11) is -4.24. The van der Waals surface area contributed by atoms with E-state index in [1.807, 2.05) is 80.6 Å². The molecule has 0 aliphatic carbocycles. The van der Waals surface area contributed by atoms with E-state index in [1.54, 1.807) is 60.7 Å². The standard InChI is InChI=1S/C40H40ClN3O5S/c1-30(2)27-42-40(46)38(26-31-13-6-3-7-14-31)43(28-32-15-12-16-33(41)25-32)39(45)29-44(50(47,48)37-19-10-5-11-20-37)34-21-23-36(24-22-34)49-35-17-8-4-9-18-35/h3-25,30,38H,26-29H2,1-2H3,(H,42,46)/t38-/m1/s1. The molecule has 1 N–H and O–H groups in total. The Morgan fingerprint density at radius 1 is 0.740 bits per heavy atom. The summed E-state index contributed by atoms with van der Waals surface area (Å²) >= 11 is 6.34. The predicted molar refractivity (Wildman–Crippen MR) is 198 cm³/mol. The smallest absolute Gasteiger partial charge is 0.264 e. The third kappa shape index (κ3) is 9.74. The van der Waals surface area contributed by atoms with E-state index in [0.717, 1.165) is 9.87 Å². The number of rotatable bonds is 15. The molecule has 5 rings (SSSR count). The van der Waals surface area contributed by atoms with Gasteiger partial charge in [-0.15, -0.1) is 0 Å². The second-order valence-electron chi connectivity index (χ2n) is 12.2. The molecule has 5 aromatic rings. The van der Waals surface area contributed by atoms with Crippen LogP contribution in [0, 0.1) is 5.92 Å². The number of carbonyl (C=O) groups excluding carboxylic acids is 2. The summed E-state index contributed by atoms with van der Waals surface area (Å²) < 4.78 is 35.5. The van der Waals surface area contributed by atoms with E-state index >= 15 is 0 Å². The lowest BCUT2D eigenvalue weighted by molar-refractivity contribution is -0.140. The van der Waals surface area contributed by atoms with E-state index in [-0.39, 0.29) is 35.4 Å². The summed E-state index contributed by atoms with van der Waals surface area (Å²) in [5.74, 6) is 0.401. The fraction of sp³-hybridized carbons (Fsp3) is 0.200. The highest BCUT2D eigenvalue weighted by Gasteiger charge is 2.34. The van der Waals surface area contributed by atoms with Gasteiger partial charge >= 0.3 is 0 Å². The van der Waals surface area contributed by atoms with E-state index in [2.05, 4.69) is 5.32 Å². The molecule has 258 valence electrons. The number of para-hydroxylation sites is 1. The van der Waals surface area contributed by atoms with Crippen LogP contribution in [0.15, 0.2) is 144 Å². The minimum Gasteiger partial charge on any atom is -0.457 e. The first-order valence-electron chi connectivity index (χ1n) is 16.4. The van der Waals surface area contributed by atoms with Gasteiger partial charge in [0, 0.05) is 24.5 Å². The van der Waals surface area contributed by atoms with Crippen LogP contribution in [0.4, 0.5) is 5.69 Å². The average molecular weight is 710 g/mol. The van der Waals surface area contributed by atoms with Gasteiger partial charge < -0.3 is 15.0 Å². The van der Waals surface area contributed by atoms with Gasteiger partial charge in [0.25, 0.3) is 10.0 Å². The summed E-state index contributed by atoms with van der Waals surface area (Å²) in [6.07, 6.45) is 0.216. The van der Waals surface area contributed by atoms with Crippen molar-refractivity contribution in [1.29, 1.82) is 0 Å². The molecule has 0 spiro atoms. The molecule has 0 heterocycles. The van der Waals surface area contributed by atoms with Crippen LogP contribution < -0.4 is 14.4 Å². The number of nitrogens with one attached hydrogen (secondary N) is 1. The van der Waals surface area contributed by atoms with Gasteiger partial charge in [-0.1, -0.05) is 104 Å². The van der Waals surface area contributed by atoms with Crippen molar-refractivity contribution >= 4 is 39.1 Å². The number of ether oxygens (including phenoxy) is 1. The van der Waals surface area contributed by atoms with E-state index in [1.165, 1.54) is 17.0 Å². The molecule has 5 aromatic carbocycles. The third-order valence-corrected chi connectivity index (χ3v) is 9.93. The Kier molecular flexibility index (Phi) is 12.3. The predicted octanol–water partition coefficient (Wildman–Crippen LogP) is 7.74. The van der Waals surface area contributed by atoms with Gasteiger partial charge in [-0.05, 0) is 77.7 Å². The van der Waals surface area contributed by atoms with Crippen LogP contribution in [0.5, 0.6) is 11.5 Å². The number of nitrogens with zero attached hydrogens (tertiary/aromatic N) is 2. The van der Waals surface area contributed by atoms with Crippen molar-refractivity contribution in [2.45, 2.75) is 37.8 Å². The summed E-state index contributed by atoms with van der Waals surface area (Å²) in [6, 6.07) is 39.2. The Balaban J connectivity index is 1.54. The maximum absolute atomic E-state index is 14.7. The second kappa shape index (κ2) is 17.0. The van der Waals surface area contributed by atoms with Gasteiger partial charge in [-0.25, -0.2) is 8.42 Å². The van der Waals surface area contributed by atoms with Crippen molar-refractivity contribution in [3.05, 3.63) is 156 Å². The molecule has 0 unspecified atom stereocenters. The number of benzene rings is 5. The number of halogens is 1. The van der Waals surface area contributed by atoms with E-state index in [0.29, 0.717) is 28.6 Å². The summed E-state index contributed by atoms with van der Waals surface area (Å²) in [4.78, 5) is 30.1. The lowest BCUT2D eigenvalue weighted by atomic mass is 10.0. The van der Waals surface area contributed by atoms with Crippen LogP contribution in [0.2, 0.25) is 5.02 Å². The second-order valence-corrected chi connectivity index (χ2v) is 14.5. The highest BCUT2D eigenvalue weighted by molar-refractivity contribution is 7.92. The highest BCUT2D eigenvalue weighted by Crippen LogP contribution is 2.29. The Bertz CT molecular complexity index is 1960. The largest absolute Gasteiger partial charge is 0.457 e. The molecule has 0 aliphatic rings. The van der Waals surface area contributed by atoms with Gasteiger partial charge in [0.2, 0.25) is 11.8 Å². The summed E-state index contributed by atoms with van der Waals surface area (Å²) in [5.41, 5.74) is 1.80. The first-order chi connectivity index (χ1) is 24.1. The number of anilines is 1. The van der Waals surface area contributed by atoms with Crippen LogP contribution >= 0.6 is 11.6 Å². The molecule has 0 saturated heterocycles. The molecule has 0 bridgehead atoms. The normalized spacial score (nSPS) is 11.8. The Morgan fingerprint density at radius 3 is 1.94 bits per heavy atom. The molecule has 10 heteroatoms. The number of hydrogen-bond donors (Lipinski definition) is 1. The molecular formula is C40H40ClN3O5S. The third-order valence-electron chi connectivity index (χ3n) is 7.91. The lowest BCUT2D eigenvalue weighted by Crippen LogP contribution is -2.53. The molecule has 0 aliphatic heterocycles. The number of carbonyl (C=O) groups is 2. The maximum Gasteiger partial charge on any atom is 0.264 e. The van der Waals surface area contributed by atoms with Crippen molar-refractivity contribution in [2.24, 2.45) is 5.92 Å². The van der Waals surface area contributed by atoms with Crippen LogP contribution in [-0.2, 0) is 32.6 Å². The first kappa shape index (κ1) is 36.2. The fourth-order valence-electron chi connectivity index (χ4n) is 5.36. The molecule has 8 nitrogen and oxygen atoms in total. The minimum atomic E-state index is -4.24. The maximum atomic E-state index is 14.7. The number of sulfonamides is 1. The summed E-state index contributed by atoms with van der Waals surface area (Å²) in [6.45, 7) is 3.84. The topological polar surface area (TPSA) is 96.0 Å². The zero-order valence-corrected chi connectivity index (χ0v) is 29.6. The Hall–Kier alpha value is -5.12. The molecule has 0 radical (unpaired) electrons. The zero-order chi connectivity index (χ0) is 35.5. The quantitative estimate of drug-likeness (QED) is 0.120. The van der Waals surface area contributed by atoms with Crippen LogP contribution in [0.3, 0.4) is 0 Å². The van der Waals surface area contributed by atoms with Crippen molar-refractivity contribution in [1.82, 2.24) is 10.2 Å². The highest BCUT2D eigenvalue weighted by atomic mass is 35.5. The zero-order valence-electron chi connectivity index (χ0n) is 28.0. The monoisotopic (exact) mass is 709 g/mol.